The first kappa shape index (κ1) is 17.0. The maximum Gasteiger partial charge on any atom is 0.250 e. The molecule has 0 aromatic heterocycles. The first-order chi connectivity index (χ1) is 10.6. The van der Waals surface area contributed by atoms with Crippen molar-refractivity contribution < 1.29 is 4.79 Å². The maximum atomic E-state index is 11.9. The molecule has 2 N–H and O–H groups in total. The van der Waals surface area contributed by atoms with Crippen molar-refractivity contribution in [2.75, 3.05) is 0 Å². The summed E-state index contributed by atoms with van der Waals surface area (Å²) in [6.07, 6.45) is 10.5. The van der Waals surface area contributed by atoms with Gasteiger partial charge in [0.05, 0.1) is 0 Å². The Balaban J connectivity index is 1.78. The molecule has 0 atom stereocenters. The molecule has 0 unspecified atom stereocenters. The highest BCUT2D eigenvalue weighted by Gasteiger charge is 2.13. The number of carbonyl (C=O) groups excluding carboxylic acids is 1. The Hall–Kier alpha value is -1.39. The fraction of sp³-hybridized carbons (Fsp3) is 0.412. The fourth-order valence-corrected chi connectivity index (χ4v) is 2.94. The van der Waals surface area contributed by atoms with Crippen molar-refractivity contribution in [3.8, 4) is 0 Å². The molecular weight excluding hydrogens is 316 g/mol. The summed E-state index contributed by atoms with van der Waals surface area (Å²) in [5.74, 6) is -0.221. The minimum atomic E-state index is -0.221. The van der Waals surface area contributed by atoms with E-state index in [-0.39, 0.29) is 5.91 Å². The van der Waals surface area contributed by atoms with Crippen molar-refractivity contribution in [1.29, 1.82) is 0 Å². The molecule has 1 aliphatic rings. The van der Waals surface area contributed by atoms with Gasteiger partial charge in [-0.2, -0.15) is 0 Å². The van der Waals surface area contributed by atoms with Crippen LogP contribution in [0.5, 0.6) is 0 Å². The number of amides is 1. The van der Waals surface area contributed by atoms with Crippen LogP contribution in [0.2, 0.25) is 5.02 Å². The van der Waals surface area contributed by atoms with E-state index in [9.17, 15) is 4.79 Å². The van der Waals surface area contributed by atoms with Gasteiger partial charge in [-0.3, -0.25) is 10.1 Å². The van der Waals surface area contributed by atoms with Gasteiger partial charge in [-0.25, -0.2) is 0 Å². The zero-order chi connectivity index (χ0) is 15.8. The number of hydrogen-bond acceptors (Lipinski definition) is 2. The third kappa shape index (κ3) is 6.16. The second-order valence-corrected chi connectivity index (χ2v) is 6.38. The van der Waals surface area contributed by atoms with Gasteiger partial charge in [-0.15, -0.1) is 0 Å². The number of benzene rings is 1. The van der Waals surface area contributed by atoms with Gasteiger partial charge in [0.25, 0.3) is 0 Å². The van der Waals surface area contributed by atoms with Gasteiger partial charge in [-0.1, -0.05) is 49.4 Å². The molecule has 0 aliphatic heterocycles. The summed E-state index contributed by atoms with van der Waals surface area (Å²) >= 11 is 11.0. The number of carbonyl (C=O) groups is 1. The first-order valence-corrected chi connectivity index (χ1v) is 8.47. The standard InChI is InChI=1S/C17H21ClN2OS/c18-14-10-7-13(8-11-14)9-12-16(21)20-17(22)19-15-5-3-1-2-4-6-15/h7-12,15H,1-6H2,(H2,19,20,21,22)/b12-9+. The van der Waals surface area contributed by atoms with Gasteiger partial charge in [0, 0.05) is 17.1 Å². The summed E-state index contributed by atoms with van der Waals surface area (Å²) in [6, 6.07) is 7.67. The second-order valence-electron chi connectivity index (χ2n) is 5.54. The third-order valence-electron chi connectivity index (χ3n) is 3.72. The molecule has 3 nitrogen and oxygen atoms in total. The van der Waals surface area contributed by atoms with Crippen molar-refractivity contribution in [2.45, 2.75) is 44.6 Å². The molecule has 0 spiro atoms. The molecule has 0 bridgehead atoms. The van der Waals surface area contributed by atoms with Gasteiger partial charge in [0.2, 0.25) is 5.91 Å². The van der Waals surface area contributed by atoms with E-state index in [1.807, 2.05) is 12.1 Å². The van der Waals surface area contributed by atoms with Gasteiger partial charge in [-0.05, 0) is 48.8 Å². The minimum Gasteiger partial charge on any atom is -0.360 e. The number of nitrogens with one attached hydrogen (secondary N) is 2. The number of hydrogen-bond donors (Lipinski definition) is 2. The van der Waals surface area contributed by atoms with Crippen LogP contribution in [0, 0.1) is 0 Å². The Bertz CT molecular complexity index is 534. The van der Waals surface area contributed by atoms with Crippen LogP contribution in [0.25, 0.3) is 6.08 Å². The van der Waals surface area contributed by atoms with Crippen LogP contribution in [0.15, 0.2) is 30.3 Å². The van der Waals surface area contributed by atoms with Crippen LogP contribution in [0.4, 0.5) is 0 Å². The Morgan fingerprint density at radius 1 is 1.14 bits per heavy atom. The molecule has 0 radical (unpaired) electrons. The van der Waals surface area contributed by atoms with Crippen molar-refractivity contribution in [1.82, 2.24) is 10.6 Å². The van der Waals surface area contributed by atoms with E-state index < -0.39 is 0 Å². The molecule has 0 saturated heterocycles. The molecule has 118 valence electrons. The van der Waals surface area contributed by atoms with Crippen LogP contribution in [0.3, 0.4) is 0 Å². The van der Waals surface area contributed by atoms with Gasteiger partial charge >= 0.3 is 0 Å². The molecule has 1 aromatic rings. The summed E-state index contributed by atoms with van der Waals surface area (Å²) in [7, 11) is 0. The smallest absolute Gasteiger partial charge is 0.250 e. The molecule has 1 saturated carbocycles. The summed E-state index contributed by atoms with van der Waals surface area (Å²) in [5.41, 5.74) is 0.919. The van der Waals surface area contributed by atoms with Crippen molar-refractivity contribution in [3.63, 3.8) is 0 Å². The average Bonchev–Trinajstić information content (AvgIpc) is 2.75. The molecule has 22 heavy (non-hydrogen) atoms. The SMILES string of the molecule is O=C(/C=C/c1ccc(Cl)cc1)NC(=S)NC1CCCCCC1. The average molecular weight is 337 g/mol. The second kappa shape index (κ2) is 8.91. The molecule has 1 aromatic carbocycles. The topological polar surface area (TPSA) is 41.1 Å². The summed E-state index contributed by atoms with van der Waals surface area (Å²) < 4.78 is 0. The molecule has 1 aliphatic carbocycles. The van der Waals surface area contributed by atoms with E-state index in [4.69, 9.17) is 23.8 Å². The Kier molecular flexibility index (Phi) is 6.87. The highest BCUT2D eigenvalue weighted by molar-refractivity contribution is 7.80. The van der Waals surface area contributed by atoms with E-state index in [0.717, 1.165) is 18.4 Å². The zero-order valence-corrected chi connectivity index (χ0v) is 14.1. The maximum absolute atomic E-state index is 11.9. The highest BCUT2D eigenvalue weighted by Crippen LogP contribution is 2.17. The van der Waals surface area contributed by atoms with Gasteiger partial charge in [0.15, 0.2) is 5.11 Å². The highest BCUT2D eigenvalue weighted by atomic mass is 35.5. The third-order valence-corrected chi connectivity index (χ3v) is 4.20. The number of thiocarbonyl (C=S) groups is 1. The monoisotopic (exact) mass is 336 g/mol. The van der Waals surface area contributed by atoms with E-state index in [2.05, 4.69) is 10.6 Å². The Morgan fingerprint density at radius 3 is 2.41 bits per heavy atom. The molecule has 1 fully saturated rings. The molecule has 1 amide bonds. The summed E-state index contributed by atoms with van der Waals surface area (Å²) in [6.45, 7) is 0. The first-order valence-electron chi connectivity index (χ1n) is 7.68. The van der Waals surface area contributed by atoms with E-state index >= 15 is 0 Å². The van der Waals surface area contributed by atoms with Gasteiger partial charge in [0.1, 0.15) is 0 Å². The van der Waals surface area contributed by atoms with E-state index in [1.165, 1.54) is 31.8 Å². The quantitative estimate of drug-likeness (QED) is 0.496. The lowest BCUT2D eigenvalue weighted by atomic mass is 10.1. The molecular formula is C17H21ClN2OS. The fourth-order valence-electron chi connectivity index (χ4n) is 2.54. The minimum absolute atomic E-state index is 0.221. The Labute approximate surface area is 142 Å². The molecule has 2 rings (SSSR count). The van der Waals surface area contributed by atoms with Crippen LogP contribution in [-0.2, 0) is 4.79 Å². The van der Waals surface area contributed by atoms with E-state index in [0.29, 0.717) is 16.2 Å². The Morgan fingerprint density at radius 2 is 1.77 bits per heavy atom. The largest absolute Gasteiger partial charge is 0.360 e. The lowest BCUT2D eigenvalue weighted by Gasteiger charge is -2.17. The van der Waals surface area contributed by atoms with E-state index in [1.54, 1.807) is 18.2 Å². The van der Waals surface area contributed by atoms with Crippen molar-refractivity contribution in [3.05, 3.63) is 40.9 Å². The van der Waals surface area contributed by atoms with Crippen LogP contribution in [0.1, 0.15) is 44.1 Å². The van der Waals surface area contributed by atoms with Crippen LogP contribution < -0.4 is 10.6 Å². The normalized spacial score (nSPS) is 16.2. The molecule has 0 heterocycles. The number of halogens is 1. The van der Waals surface area contributed by atoms with Gasteiger partial charge < -0.3 is 5.32 Å². The lowest BCUT2D eigenvalue weighted by Crippen LogP contribution is -2.43. The predicted molar refractivity (Wildman–Crippen MR) is 95.9 cm³/mol. The van der Waals surface area contributed by atoms with Crippen molar-refractivity contribution >= 4 is 40.9 Å². The lowest BCUT2D eigenvalue weighted by molar-refractivity contribution is -0.115. The molecule has 5 heteroatoms. The predicted octanol–water partition coefficient (Wildman–Crippen LogP) is 4.07. The summed E-state index contributed by atoms with van der Waals surface area (Å²) in [4.78, 5) is 11.9. The van der Waals surface area contributed by atoms with Crippen LogP contribution >= 0.6 is 23.8 Å². The van der Waals surface area contributed by atoms with Crippen molar-refractivity contribution in [2.24, 2.45) is 0 Å². The number of rotatable bonds is 3. The summed E-state index contributed by atoms with van der Waals surface area (Å²) in [5, 5.41) is 7.03. The van der Waals surface area contributed by atoms with Crippen LogP contribution in [-0.4, -0.2) is 17.1 Å². The zero-order valence-electron chi connectivity index (χ0n) is 12.5.